The van der Waals surface area contributed by atoms with Crippen molar-refractivity contribution in [1.82, 2.24) is 0 Å². The van der Waals surface area contributed by atoms with E-state index in [0.717, 1.165) is 30.1 Å². The van der Waals surface area contributed by atoms with E-state index in [-0.39, 0.29) is 0 Å². The molecule has 1 nitrogen and oxygen atoms in total. The Morgan fingerprint density at radius 3 is 2.79 bits per heavy atom. The van der Waals surface area contributed by atoms with Crippen molar-refractivity contribution in [3.05, 3.63) is 23.8 Å². The van der Waals surface area contributed by atoms with Crippen LogP contribution in [0.1, 0.15) is 25.8 Å². The van der Waals surface area contributed by atoms with Gasteiger partial charge in [-0.05, 0) is 25.2 Å². The van der Waals surface area contributed by atoms with Gasteiger partial charge in [0.05, 0.1) is 11.5 Å². The molecule has 1 rings (SSSR count). The quantitative estimate of drug-likeness (QED) is 0.686. The van der Waals surface area contributed by atoms with Crippen LogP contribution in [0.4, 0.5) is 0 Å². The molecule has 0 atom stereocenters. The molecule has 77 valence electrons. The summed E-state index contributed by atoms with van der Waals surface area (Å²) >= 11 is 1.69. The predicted octanol–water partition coefficient (Wildman–Crippen LogP) is 3.56. The van der Waals surface area contributed by atoms with Gasteiger partial charge in [-0.15, -0.1) is 11.8 Å². The third kappa shape index (κ3) is 2.68. The summed E-state index contributed by atoms with van der Waals surface area (Å²) in [5.74, 6) is 1.03. The van der Waals surface area contributed by atoms with E-state index in [1.807, 2.05) is 13.0 Å². The highest BCUT2D eigenvalue weighted by Crippen LogP contribution is 2.31. The monoisotopic (exact) mass is 209 g/mol. The van der Waals surface area contributed by atoms with Gasteiger partial charge in [0.2, 0.25) is 0 Å². The zero-order valence-electron chi connectivity index (χ0n) is 9.09. The Balaban J connectivity index is 3.00. The van der Waals surface area contributed by atoms with Gasteiger partial charge in [-0.25, -0.2) is 0 Å². The first kappa shape index (κ1) is 11.4. The van der Waals surface area contributed by atoms with E-state index < -0.39 is 0 Å². The number of benzene rings is 1. The van der Waals surface area contributed by atoms with Crippen LogP contribution in [-0.2, 0) is 6.42 Å². The molecule has 0 aliphatic carbocycles. The average molecular weight is 209 g/mol. The Morgan fingerprint density at radius 1 is 1.43 bits per heavy atom. The van der Waals surface area contributed by atoms with Crippen LogP contribution in [-0.4, -0.2) is 12.9 Å². The fraction of sp³-hybridized carbons (Fsp3) is 0.500. The van der Waals surface area contributed by atoms with Gasteiger partial charge in [0.15, 0.2) is 0 Å². The maximum absolute atomic E-state index is 5.66. The molecule has 0 saturated carbocycles. The zero-order valence-corrected chi connectivity index (χ0v) is 9.91. The second kappa shape index (κ2) is 5.97. The molecule has 0 aromatic heterocycles. The van der Waals surface area contributed by atoms with Gasteiger partial charge in [0.1, 0.15) is 5.75 Å². The number of ether oxygens (including phenoxy) is 1. The van der Waals surface area contributed by atoms with Crippen LogP contribution in [0.5, 0.6) is 5.75 Å². The number of hydrogen-bond donors (Lipinski definition) is 0. The molecule has 2 heteroatoms. The van der Waals surface area contributed by atoms with Crippen molar-refractivity contribution in [2.45, 2.75) is 31.6 Å². The summed E-state index contributed by atoms with van der Waals surface area (Å²) in [6.07, 6.45) is 4.29. The topological polar surface area (TPSA) is 9.23 Å². The van der Waals surface area contributed by atoms with Gasteiger partial charge in [0.25, 0.3) is 0 Å². The first-order chi connectivity index (χ1) is 6.83. The highest BCUT2D eigenvalue weighted by molar-refractivity contribution is 7.98. The van der Waals surface area contributed by atoms with Gasteiger partial charge in [-0.3, -0.25) is 0 Å². The van der Waals surface area contributed by atoms with Crippen molar-refractivity contribution in [2.75, 3.05) is 12.9 Å². The van der Waals surface area contributed by atoms with Crippen LogP contribution >= 0.6 is 11.8 Å². The van der Waals surface area contributed by atoms with E-state index in [4.69, 9.17) is 4.74 Å². The molecule has 0 saturated heterocycles. The van der Waals surface area contributed by atoms with Crippen molar-refractivity contribution in [1.29, 1.82) is 0 Å². The lowest BCUT2D eigenvalue weighted by Crippen LogP contribution is -1.98. The fourth-order valence-electron chi connectivity index (χ4n) is 1.43. The maximum atomic E-state index is 5.66. The molecule has 14 heavy (non-hydrogen) atoms. The second-order valence-corrected chi connectivity index (χ2v) is 3.86. The van der Waals surface area contributed by atoms with Crippen LogP contribution in [0.15, 0.2) is 17.0 Å². The summed E-state index contributed by atoms with van der Waals surface area (Å²) in [5.41, 5.74) is 1.30. The number of rotatable bonds is 5. The number of thioether (sulfide) groups is 1. The molecule has 1 aromatic rings. The van der Waals surface area contributed by atoms with Crippen molar-refractivity contribution in [2.24, 2.45) is 0 Å². The maximum Gasteiger partial charge on any atom is 0.136 e. The molecule has 0 bridgehead atoms. The van der Waals surface area contributed by atoms with Gasteiger partial charge in [-0.2, -0.15) is 0 Å². The van der Waals surface area contributed by atoms with E-state index >= 15 is 0 Å². The minimum Gasteiger partial charge on any atom is -0.492 e. The standard InChI is InChI=1S/C12H17OS/c1-4-7-10-8-6-9-11(14-3)12(10)13-5-2/h6,8H,4-5,7H2,1-3H3. The molecular weight excluding hydrogens is 192 g/mol. The third-order valence-electron chi connectivity index (χ3n) is 2.01. The third-order valence-corrected chi connectivity index (χ3v) is 2.72. The SMILES string of the molecule is CCCc1cc[c]c(SC)c1OCC. The summed E-state index contributed by atoms with van der Waals surface area (Å²) in [5, 5.41) is 0. The first-order valence-electron chi connectivity index (χ1n) is 5.03. The summed E-state index contributed by atoms with van der Waals surface area (Å²) < 4.78 is 5.66. The molecule has 0 heterocycles. The lowest BCUT2D eigenvalue weighted by molar-refractivity contribution is 0.328. The normalized spacial score (nSPS) is 10.2. The highest BCUT2D eigenvalue weighted by Gasteiger charge is 2.07. The Morgan fingerprint density at radius 2 is 2.21 bits per heavy atom. The molecule has 0 aliphatic heterocycles. The van der Waals surface area contributed by atoms with Crippen molar-refractivity contribution >= 4 is 11.8 Å². The highest BCUT2D eigenvalue weighted by atomic mass is 32.2. The number of hydrogen-bond acceptors (Lipinski definition) is 2. The first-order valence-corrected chi connectivity index (χ1v) is 6.26. The van der Waals surface area contributed by atoms with Crippen LogP contribution in [0, 0.1) is 6.07 Å². The fourth-order valence-corrected chi connectivity index (χ4v) is 1.99. The second-order valence-electron chi connectivity index (χ2n) is 3.05. The van der Waals surface area contributed by atoms with Gasteiger partial charge in [0, 0.05) is 6.07 Å². The largest absolute Gasteiger partial charge is 0.492 e. The molecule has 0 amide bonds. The Labute approximate surface area is 90.9 Å². The van der Waals surface area contributed by atoms with Crippen molar-refractivity contribution in [3.8, 4) is 5.75 Å². The van der Waals surface area contributed by atoms with Crippen molar-refractivity contribution < 1.29 is 4.74 Å². The molecule has 1 aromatic carbocycles. The minimum atomic E-state index is 0.724. The zero-order chi connectivity index (χ0) is 10.4. The van der Waals surface area contributed by atoms with Crippen LogP contribution in [0.25, 0.3) is 0 Å². The van der Waals surface area contributed by atoms with E-state index in [9.17, 15) is 0 Å². The summed E-state index contributed by atoms with van der Waals surface area (Å²) in [7, 11) is 0. The van der Waals surface area contributed by atoms with E-state index in [2.05, 4.69) is 25.3 Å². The van der Waals surface area contributed by atoms with E-state index in [1.165, 1.54) is 5.56 Å². The van der Waals surface area contributed by atoms with Crippen LogP contribution in [0.2, 0.25) is 0 Å². The lowest BCUT2D eigenvalue weighted by atomic mass is 10.1. The molecule has 0 N–H and O–H groups in total. The van der Waals surface area contributed by atoms with Gasteiger partial charge in [-0.1, -0.05) is 25.5 Å². The Bertz CT molecular complexity index is 284. The van der Waals surface area contributed by atoms with Crippen molar-refractivity contribution in [3.63, 3.8) is 0 Å². The Kier molecular flexibility index (Phi) is 4.88. The molecular formula is C12H17OS. The molecule has 0 unspecified atom stereocenters. The molecule has 0 fully saturated rings. The summed E-state index contributed by atoms with van der Waals surface area (Å²) in [4.78, 5) is 1.12. The van der Waals surface area contributed by atoms with E-state index in [1.54, 1.807) is 11.8 Å². The smallest absolute Gasteiger partial charge is 0.136 e. The minimum absolute atomic E-state index is 0.724. The lowest BCUT2D eigenvalue weighted by Gasteiger charge is -2.12. The van der Waals surface area contributed by atoms with Gasteiger partial charge < -0.3 is 4.74 Å². The molecule has 1 radical (unpaired) electrons. The van der Waals surface area contributed by atoms with Crippen LogP contribution in [0.3, 0.4) is 0 Å². The van der Waals surface area contributed by atoms with Gasteiger partial charge >= 0.3 is 0 Å². The average Bonchev–Trinajstić information content (AvgIpc) is 2.21. The Hall–Kier alpha value is -0.630. The predicted molar refractivity (Wildman–Crippen MR) is 62.2 cm³/mol. The molecule has 0 aliphatic rings. The van der Waals surface area contributed by atoms with E-state index in [0.29, 0.717) is 0 Å². The number of aryl methyl sites for hydroxylation is 1. The van der Waals surface area contributed by atoms with Crippen LogP contribution < -0.4 is 4.74 Å². The molecule has 0 spiro atoms. The summed E-state index contributed by atoms with van der Waals surface area (Å²) in [6, 6.07) is 7.30. The summed E-state index contributed by atoms with van der Waals surface area (Å²) in [6.45, 7) is 4.93.